The maximum Gasteiger partial charge on any atom is 0.161 e. The molecule has 20 heavy (non-hydrogen) atoms. The van der Waals surface area contributed by atoms with Crippen molar-refractivity contribution in [2.75, 3.05) is 18.2 Å². The van der Waals surface area contributed by atoms with Crippen LogP contribution in [0.25, 0.3) is 0 Å². The van der Waals surface area contributed by atoms with Crippen molar-refractivity contribution in [3.8, 4) is 11.8 Å². The van der Waals surface area contributed by atoms with E-state index in [4.69, 9.17) is 15.0 Å². The van der Waals surface area contributed by atoms with Crippen LogP contribution in [0.4, 0.5) is 5.69 Å². The summed E-state index contributed by atoms with van der Waals surface area (Å²) in [5.74, 6) is 2.59. The number of benzene rings is 1. The van der Waals surface area contributed by atoms with Crippen LogP contribution in [0.1, 0.15) is 24.8 Å². The minimum atomic E-state index is 0.489. The number of nitrogens with one attached hydrogen (secondary N) is 1. The summed E-state index contributed by atoms with van der Waals surface area (Å²) in [6, 6.07) is 8.02. The molecule has 104 valence electrons. The van der Waals surface area contributed by atoms with E-state index in [2.05, 4.69) is 11.4 Å². The summed E-state index contributed by atoms with van der Waals surface area (Å²) in [7, 11) is 1.62. The van der Waals surface area contributed by atoms with Gasteiger partial charge in [-0.15, -0.1) is 0 Å². The molecule has 0 amide bonds. The Kier molecular flexibility index (Phi) is 3.83. The third-order valence-electron chi connectivity index (χ3n) is 3.91. The molecule has 1 aromatic carbocycles. The predicted molar refractivity (Wildman–Crippen MR) is 82.4 cm³/mol. The standard InChI is InChI=1S/C15H17N3OS/c1-19-14-7-10(8-16)5-6-13(14)18-15-17-12-4-2-3-11(12)9-20-15/h5-7,11-12H,2-4,9H2,1H3,(H,17,18). The number of ether oxygens (including phenoxy) is 1. The van der Waals surface area contributed by atoms with Crippen LogP contribution < -0.4 is 10.1 Å². The molecule has 1 aliphatic heterocycles. The highest BCUT2D eigenvalue weighted by atomic mass is 32.2. The topological polar surface area (TPSA) is 57.4 Å². The van der Waals surface area contributed by atoms with Crippen LogP contribution in [-0.4, -0.2) is 24.1 Å². The molecular weight excluding hydrogens is 270 g/mol. The number of aliphatic imine (C=N–C) groups is 1. The lowest BCUT2D eigenvalue weighted by Crippen LogP contribution is -2.25. The van der Waals surface area contributed by atoms with Crippen molar-refractivity contribution >= 4 is 22.6 Å². The molecule has 5 heteroatoms. The van der Waals surface area contributed by atoms with Gasteiger partial charge in [0.25, 0.3) is 0 Å². The number of thioether (sulfide) groups is 1. The maximum atomic E-state index is 8.92. The van der Waals surface area contributed by atoms with Crippen LogP contribution in [0.3, 0.4) is 0 Å². The van der Waals surface area contributed by atoms with Gasteiger partial charge in [-0.25, -0.2) is 0 Å². The van der Waals surface area contributed by atoms with Gasteiger partial charge >= 0.3 is 0 Å². The second-order valence-corrected chi connectivity index (χ2v) is 6.16. The molecule has 2 aliphatic rings. The summed E-state index contributed by atoms with van der Waals surface area (Å²) < 4.78 is 5.34. The monoisotopic (exact) mass is 287 g/mol. The van der Waals surface area contributed by atoms with Gasteiger partial charge in [-0.05, 0) is 30.9 Å². The minimum absolute atomic E-state index is 0.489. The number of anilines is 1. The second-order valence-electron chi connectivity index (χ2n) is 5.16. The summed E-state index contributed by atoms with van der Waals surface area (Å²) in [6.45, 7) is 0. The first-order valence-corrected chi connectivity index (χ1v) is 7.84. The van der Waals surface area contributed by atoms with E-state index in [0.29, 0.717) is 17.4 Å². The van der Waals surface area contributed by atoms with Crippen LogP contribution in [0.2, 0.25) is 0 Å². The normalized spacial score (nSPS) is 24.5. The number of fused-ring (bicyclic) bond motifs is 1. The van der Waals surface area contributed by atoms with Crippen molar-refractivity contribution in [3.63, 3.8) is 0 Å². The molecule has 2 unspecified atom stereocenters. The lowest BCUT2D eigenvalue weighted by molar-refractivity contribution is 0.417. The molecule has 2 atom stereocenters. The highest BCUT2D eigenvalue weighted by molar-refractivity contribution is 8.14. The molecule has 0 spiro atoms. The predicted octanol–water partition coefficient (Wildman–Crippen LogP) is 3.25. The first kappa shape index (κ1) is 13.3. The summed E-state index contributed by atoms with van der Waals surface area (Å²) in [5.41, 5.74) is 1.47. The molecule has 1 N–H and O–H groups in total. The fraction of sp³-hybridized carbons (Fsp3) is 0.467. The summed E-state index contributed by atoms with van der Waals surface area (Å²) in [6.07, 6.45) is 3.82. The van der Waals surface area contributed by atoms with Gasteiger partial charge in [0.05, 0.1) is 30.5 Å². The smallest absolute Gasteiger partial charge is 0.161 e. The largest absolute Gasteiger partial charge is 0.495 e. The van der Waals surface area contributed by atoms with Crippen molar-refractivity contribution in [2.24, 2.45) is 10.9 Å². The average Bonchev–Trinajstić information content (AvgIpc) is 2.95. The van der Waals surface area contributed by atoms with Gasteiger partial charge in [0.1, 0.15) is 5.75 Å². The van der Waals surface area contributed by atoms with Gasteiger partial charge in [-0.3, -0.25) is 4.99 Å². The van der Waals surface area contributed by atoms with Crippen molar-refractivity contribution in [1.29, 1.82) is 5.26 Å². The second kappa shape index (κ2) is 5.76. The van der Waals surface area contributed by atoms with Crippen molar-refractivity contribution in [3.05, 3.63) is 23.8 Å². The molecular formula is C15H17N3OS. The Morgan fingerprint density at radius 3 is 3.15 bits per heavy atom. The highest BCUT2D eigenvalue weighted by Crippen LogP contribution is 2.36. The summed E-state index contributed by atoms with van der Waals surface area (Å²) >= 11 is 1.78. The number of methoxy groups -OCH3 is 1. The molecule has 1 aliphatic carbocycles. The van der Waals surface area contributed by atoms with Crippen LogP contribution in [-0.2, 0) is 0 Å². The number of hydrogen-bond donors (Lipinski definition) is 1. The average molecular weight is 287 g/mol. The first-order valence-electron chi connectivity index (χ1n) is 6.86. The van der Waals surface area contributed by atoms with Gasteiger partial charge in [-0.2, -0.15) is 5.26 Å². The van der Waals surface area contributed by atoms with E-state index >= 15 is 0 Å². The van der Waals surface area contributed by atoms with Gasteiger partial charge in [0, 0.05) is 11.8 Å². The number of rotatable bonds is 2. The van der Waals surface area contributed by atoms with Gasteiger partial charge in [-0.1, -0.05) is 18.2 Å². The molecule has 3 rings (SSSR count). The van der Waals surface area contributed by atoms with E-state index in [9.17, 15) is 0 Å². The summed E-state index contributed by atoms with van der Waals surface area (Å²) in [5, 5.41) is 13.2. The fourth-order valence-corrected chi connectivity index (χ4v) is 3.96. The van der Waals surface area contributed by atoms with Crippen LogP contribution in [0.5, 0.6) is 5.75 Å². The Labute approximate surface area is 123 Å². The van der Waals surface area contributed by atoms with E-state index in [1.165, 1.54) is 19.3 Å². The third-order valence-corrected chi connectivity index (χ3v) is 4.98. The van der Waals surface area contributed by atoms with E-state index in [1.807, 2.05) is 6.07 Å². The summed E-state index contributed by atoms with van der Waals surface area (Å²) in [4.78, 5) is 4.81. The molecule has 0 bridgehead atoms. The Morgan fingerprint density at radius 1 is 1.45 bits per heavy atom. The molecule has 1 fully saturated rings. The molecule has 0 radical (unpaired) electrons. The van der Waals surface area contributed by atoms with Gasteiger partial charge in [0.2, 0.25) is 0 Å². The number of hydrogen-bond acceptors (Lipinski definition) is 5. The Morgan fingerprint density at radius 2 is 2.35 bits per heavy atom. The third kappa shape index (κ3) is 2.61. The lowest BCUT2D eigenvalue weighted by atomic mass is 10.1. The van der Waals surface area contributed by atoms with Crippen molar-refractivity contribution in [1.82, 2.24) is 0 Å². The lowest BCUT2D eigenvalue weighted by Gasteiger charge is -2.24. The zero-order chi connectivity index (χ0) is 13.9. The van der Waals surface area contributed by atoms with E-state index in [-0.39, 0.29) is 0 Å². The maximum absolute atomic E-state index is 8.92. The zero-order valence-corrected chi connectivity index (χ0v) is 12.2. The van der Waals surface area contributed by atoms with Crippen molar-refractivity contribution in [2.45, 2.75) is 25.3 Å². The first-order chi connectivity index (χ1) is 9.80. The van der Waals surface area contributed by atoms with Crippen LogP contribution in [0.15, 0.2) is 23.2 Å². The van der Waals surface area contributed by atoms with E-state index in [0.717, 1.165) is 22.5 Å². The minimum Gasteiger partial charge on any atom is -0.495 e. The van der Waals surface area contributed by atoms with E-state index < -0.39 is 0 Å². The number of nitrogens with zero attached hydrogens (tertiary/aromatic N) is 2. The molecule has 1 aromatic rings. The van der Waals surface area contributed by atoms with E-state index in [1.54, 1.807) is 31.0 Å². The molecule has 1 heterocycles. The molecule has 0 aromatic heterocycles. The highest BCUT2D eigenvalue weighted by Gasteiger charge is 2.31. The Bertz CT molecular complexity index is 579. The molecule has 0 saturated heterocycles. The zero-order valence-electron chi connectivity index (χ0n) is 11.4. The molecule has 4 nitrogen and oxygen atoms in total. The van der Waals surface area contributed by atoms with Gasteiger partial charge < -0.3 is 10.1 Å². The Balaban J connectivity index is 1.79. The number of amidine groups is 1. The SMILES string of the molecule is COc1cc(C#N)ccc1NC1=NC2CCCC2CS1. The quantitative estimate of drug-likeness (QED) is 0.907. The molecule has 1 saturated carbocycles. The number of nitriles is 1. The van der Waals surface area contributed by atoms with Gasteiger partial charge in [0.15, 0.2) is 5.17 Å². The Hall–Kier alpha value is -1.67. The van der Waals surface area contributed by atoms with Crippen molar-refractivity contribution < 1.29 is 4.74 Å². The van der Waals surface area contributed by atoms with Crippen LogP contribution >= 0.6 is 11.8 Å². The fourth-order valence-electron chi connectivity index (χ4n) is 2.80. The van der Waals surface area contributed by atoms with Crippen LogP contribution in [0, 0.1) is 17.2 Å².